The van der Waals surface area contributed by atoms with Crippen LogP contribution in [0.2, 0.25) is 0 Å². The number of hydrogen-bond acceptors (Lipinski definition) is 4. The first kappa shape index (κ1) is 18.7. The Kier molecular flexibility index (Phi) is 5.28. The fourth-order valence-electron chi connectivity index (χ4n) is 2.57. The molecule has 0 bridgehead atoms. The number of pyridine rings is 1. The number of benzene rings is 2. The smallest absolute Gasteiger partial charge is 0.263 e. The number of sulfonamides is 1. The minimum atomic E-state index is -3.68. The van der Waals surface area contributed by atoms with Gasteiger partial charge in [0.1, 0.15) is 11.6 Å². The van der Waals surface area contributed by atoms with E-state index in [0.29, 0.717) is 0 Å². The van der Waals surface area contributed by atoms with Crippen LogP contribution >= 0.6 is 0 Å². The van der Waals surface area contributed by atoms with Gasteiger partial charge in [0.25, 0.3) is 10.0 Å². The molecule has 27 heavy (non-hydrogen) atoms. The van der Waals surface area contributed by atoms with Gasteiger partial charge in [0.15, 0.2) is 0 Å². The molecule has 0 atom stereocenters. The fourth-order valence-corrected chi connectivity index (χ4v) is 3.57. The van der Waals surface area contributed by atoms with Crippen molar-refractivity contribution in [3.8, 4) is 5.75 Å². The average molecular weight is 380 g/mol. The largest absolute Gasteiger partial charge is 0.508 e. The van der Waals surface area contributed by atoms with E-state index in [-0.39, 0.29) is 16.5 Å². The number of nitrogens with zero attached hydrogens (tertiary/aromatic N) is 1. The molecule has 0 saturated carbocycles. The number of phenols is 1. The van der Waals surface area contributed by atoms with Crippen molar-refractivity contribution in [3.63, 3.8) is 0 Å². The Morgan fingerprint density at radius 2 is 1.70 bits per heavy atom. The first-order chi connectivity index (χ1) is 12.8. The Morgan fingerprint density at radius 3 is 2.37 bits per heavy atom. The summed E-state index contributed by atoms with van der Waals surface area (Å²) in [6, 6.07) is 15.3. The lowest BCUT2D eigenvalue weighted by atomic mass is 10.0. The first-order valence-corrected chi connectivity index (χ1v) is 9.86. The molecule has 0 spiro atoms. The van der Waals surface area contributed by atoms with E-state index < -0.39 is 10.0 Å². The lowest BCUT2D eigenvalue weighted by Gasteiger charge is -2.07. The first-order valence-electron chi connectivity index (χ1n) is 8.37. The van der Waals surface area contributed by atoms with Crippen molar-refractivity contribution in [2.24, 2.45) is 0 Å². The summed E-state index contributed by atoms with van der Waals surface area (Å²) in [5.74, 6) is 0.555. The Labute approximate surface area is 159 Å². The van der Waals surface area contributed by atoms with E-state index in [1.807, 2.05) is 32.1 Å². The van der Waals surface area contributed by atoms with Crippen molar-refractivity contribution < 1.29 is 13.5 Å². The topological polar surface area (TPSA) is 79.3 Å². The second-order valence-electron chi connectivity index (χ2n) is 6.22. The molecule has 1 heterocycles. The Bertz CT molecular complexity index is 1070. The second kappa shape index (κ2) is 7.63. The Morgan fingerprint density at radius 1 is 0.963 bits per heavy atom. The molecule has 2 N–H and O–H groups in total. The summed E-state index contributed by atoms with van der Waals surface area (Å²) in [6.45, 7) is 3.78. The van der Waals surface area contributed by atoms with Gasteiger partial charge in [0.05, 0.1) is 4.90 Å². The molecular weight excluding hydrogens is 360 g/mol. The highest BCUT2D eigenvalue weighted by molar-refractivity contribution is 7.92. The van der Waals surface area contributed by atoms with Gasteiger partial charge in [-0.2, -0.15) is 0 Å². The molecule has 0 saturated heterocycles. The van der Waals surface area contributed by atoms with Crippen LogP contribution in [0.4, 0.5) is 5.82 Å². The Hall–Kier alpha value is -3.12. The van der Waals surface area contributed by atoms with Crippen molar-refractivity contribution in [1.82, 2.24) is 4.98 Å². The monoisotopic (exact) mass is 380 g/mol. The molecule has 6 heteroatoms. The average Bonchev–Trinajstić information content (AvgIpc) is 2.64. The molecule has 2 aromatic carbocycles. The fraction of sp³-hybridized carbons (Fsp3) is 0.0952. The van der Waals surface area contributed by atoms with Gasteiger partial charge in [-0.3, -0.25) is 4.72 Å². The molecule has 5 nitrogen and oxygen atoms in total. The summed E-state index contributed by atoms with van der Waals surface area (Å²) >= 11 is 0. The van der Waals surface area contributed by atoms with Gasteiger partial charge in [0.2, 0.25) is 0 Å². The molecule has 1 aromatic heterocycles. The SMILES string of the molecule is Cc1cc(/C=C/c2ccc(S(=O)(=O)Nc3ccccn3)cc2)c(C)cc1O. The van der Waals surface area contributed by atoms with E-state index in [9.17, 15) is 13.5 Å². The summed E-state index contributed by atoms with van der Waals surface area (Å²) < 4.78 is 27.3. The predicted octanol–water partition coefficient (Wildman–Crippen LogP) is 4.38. The third-order valence-corrected chi connectivity index (χ3v) is 5.50. The van der Waals surface area contributed by atoms with E-state index in [1.165, 1.54) is 6.20 Å². The second-order valence-corrected chi connectivity index (χ2v) is 7.90. The number of rotatable bonds is 5. The lowest BCUT2D eigenvalue weighted by Crippen LogP contribution is -2.13. The summed E-state index contributed by atoms with van der Waals surface area (Å²) in [7, 11) is -3.68. The number of aryl methyl sites for hydroxylation is 2. The molecule has 3 rings (SSSR count). The normalized spacial score (nSPS) is 11.6. The molecule has 0 amide bonds. The molecular formula is C21H20N2O3S. The van der Waals surface area contributed by atoms with Crippen LogP contribution < -0.4 is 4.72 Å². The summed E-state index contributed by atoms with van der Waals surface area (Å²) in [5.41, 5.74) is 3.64. The molecule has 3 aromatic rings. The minimum Gasteiger partial charge on any atom is -0.508 e. The maximum atomic E-state index is 12.4. The minimum absolute atomic E-state index is 0.168. The van der Waals surface area contributed by atoms with Crippen molar-refractivity contribution in [2.45, 2.75) is 18.7 Å². The maximum Gasteiger partial charge on any atom is 0.263 e. The molecule has 138 valence electrons. The van der Waals surface area contributed by atoms with Gasteiger partial charge in [-0.25, -0.2) is 13.4 Å². The molecule has 0 radical (unpaired) electrons. The molecule has 0 fully saturated rings. The van der Waals surface area contributed by atoms with Crippen LogP contribution in [0.3, 0.4) is 0 Å². The van der Waals surface area contributed by atoms with Crippen LogP contribution in [0, 0.1) is 13.8 Å². The summed E-state index contributed by atoms with van der Waals surface area (Å²) in [5, 5.41) is 9.73. The zero-order valence-electron chi connectivity index (χ0n) is 15.0. The Balaban J connectivity index is 1.78. The highest BCUT2D eigenvalue weighted by Crippen LogP contribution is 2.23. The summed E-state index contributed by atoms with van der Waals surface area (Å²) in [6.07, 6.45) is 5.37. The molecule has 0 aliphatic heterocycles. The standard InChI is InChI=1S/C21H20N2O3S/c1-15-14-20(24)16(2)13-18(15)9-6-17-7-10-19(11-8-17)27(25,26)23-21-5-3-4-12-22-21/h3-14,24H,1-2H3,(H,22,23)/b9-6+. The third-order valence-electron chi connectivity index (χ3n) is 4.13. The van der Waals surface area contributed by atoms with Gasteiger partial charge in [-0.15, -0.1) is 0 Å². The van der Waals surface area contributed by atoms with Gasteiger partial charge >= 0.3 is 0 Å². The number of anilines is 1. The zero-order chi connectivity index (χ0) is 19.4. The van der Waals surface area contributed by atoms with Crippen LogP contribution in [-0.4, -0.2) is 18.5 Å². The molecule has 0 aliphatic rings. The number of nitrogens with one attached hydrogen (secondary N) is 1. The van der Waals surface area contributed by atoms with Gasteiger partial charge in [-0.1, -0.05) is 30.4 Å². The van der Waals surface area contributed by atoms with Crippen LogP contribution in [0.25, 0.3) is 12.2 Å². The predicted molar refractivity (Wildman–Crippen MR) is 108 cm³/mol. The van der Waals surface area contributed by atoms with Crippen LogP contribution in [0.1, 0.15) is 22.3 Å². The quantitative estimate of drug-likeness (QED) is 0.644. The van der Waals surface area contributed by atoms with E-state index >= 15 is 0 Å². The van der Waals surface area contributed by atoms with Crippen LogP contribution in [-0.2, 0) is 10.0 Å². The number of phenolic OH excluding ortho intramolecular Hbond substituents is 1. The highest BCUT2D eigenvalue weighted by atomic mass is 32.2. The highest BCUT2D eigenvalue weighted by Gasteiger charge is 2.14. The van der Waals surface area contributed by atoms with Gasteiger partial charge in [-0.05, 0) is 72.5 Å². The number of hydrogen-bond donors (Lipinski definition) is 2. The summed E-state index contributed by atoms with van der Waals surface area (Å²) in [4.78, 5) is 4.14. The van der Waals surface area contributed by atoms with Crippen molar-refractivity contribution in [1.29, 1.82) is 0 Å². The lowest BCUT2D eigenvalue weighted by molar-refractivity contribution is 0.470. The van der Waals surface area contributed by atoms with Crippen LogP contribution in [0.15, 0.2) is 65.7 Å². The van der Waals surface area contributed by atoms with Crippen molar-refractivity contribution >= 4 is 28.0 Å². The zero-order valence-corrected chi connectivity index (χ0v) is 15.9. The third kappa shape index (κ3) is 4.54. The molecule has 0 unspecified atom stereocenters. The van der Waals surface area contributed by atoms with Gasteiger partial charge in [0, 0.05) is 6.20 Å². The van der Waals surface area contributed by atoms with Crippen molar-refractivity contribution in [2.75, 3.05) is 4.72 Å². The van der Waals surface area contributed by atoms with E-state index in [0.717, 1.165) is 22.3 Å². The number of aromatic nitrogens is 1. The van der Waals surface area contributed by atoms with Gasteiger partial charge < -0.3 is 5.11 Å². The maximum absolute atomic E-state index is 12.4. The number of aromatic hydroxyl groups is 1. The van der Waals surface area contributed by atoms with E-state index in [2.05, 4.69) is 9.71 Å². The van der Waals surface area contributed by atoms with Crippen LogP contribution in [0.5, 0.6) is 5.75 Å². The van der Waals surface area contributed by atoms with Crippen molar-refractivity contribution in [3.05, 3.63) is 83.0 Å². The van der Waals surface area contributed by atoms with E-state index in [1.54, 1.807) is 48.5 Å². The molecule has 0 aliphatic carbocycles. The van der Waals surface area contributed by atoms with E-state index in [4.69, 9.17) is 0 Å².